The van der Waals surface area contributed by atoms with Gasteiger partial charge in [0.25, 0.3) is 0 Å². The Hall–Kier alpha value is -1.28. The molecule has 122 valence electrons. The third kappa shape index (κ3) is 4.88. The minimum Gasteiger partial charge on any atom is -0.454 e. The first-order chi connectivity index (χ1) is 10.2. The van der Waals surface area contributed by atoms with E-state index in [4.69, 9.17) is 26.2 Å². The van der Waals surface area contributed by atoms with Gasteiger partial charge in [0, 0.05) is 31.7 Å². The molecule has 0 saturated carbocycles. The summed E-state index contributed by atoms with van der Waals surface area (Å²) >= 11 is 6.15. The lowest BCUT2D eigenvalue weighted by Crippen LogP contribution is -2.21. The van der Waals surface area contributed by atoms with E-state index in [-0.39, 0.29) is 13.0 Å². The second-order valence-corrected chi connectivity index (χ2v) is 6.91. The topological polar surface area (TPSA) is 87.9 Å². The van der Waals surface area contributed by atoms with Crippen molar-refractivity contribution >= 4 is 21.9 Å². The van der Waals surface area contributed by atoms with Gasteiger partial charge in [0.05, 0.1) is 6.61 Å². The number of benzene rings is 1. The number of allylic oxidation sites excluding steroid dienone is 1. The summed E-state index contributed by atoms with van der Waals surface area (Å²) in [6, 6.07) is 7.41. The molecule has 1 aliphatic rings. The highest BCUT2D eigenvalue weighted by molar-refractivity contribution is 7.84. The highest BCUT2D eigenvalue weighted by atomic mass is 35.5. The zero-order valence-corrected chi connectivity index (χ0v) is 13.9. The van der Waals surface area contributed by atoms with Gasteiger partial charge in [-0.05, 0) is 11.6 Å². The van der Waals surface area contributed by atoms with E-state index in [1.54, 1.807) is 19.9 Å². The molecule has 1 aliphatic heterocycles. The van der Waals surface area contributed by atoms with Crippen LogP contribution in [0.2, 0.25) is 5.02 Å². The van der Waals surface area contributed by atoms with Crippen molar-refractivity contribution in [2.75, 3.05) is 6.61 Å². The molecule has 6 nitrogen and oxygen atoms in total. The number of halogens is 1. The predicted octanol–water partition coefficient (Wildman–Crippen LogP) is 2.49. The van der Waals surface area contributed by atoms with Crippen molar-refractivity contribution in [3.05, 3.63) is 46.4 Å². The van der Waals surface area contributed by atoms with Crippen LogP contribution in [0.5, 0.6) is 0 Å². The lowest BCUT2D eigenvalue weighted by atomic mass is 10.1. The smallest absolute Gasteiger partial charge is 0.333 e. The highest BCUT2D eigenvalue weighted by Gasteiger charge is 2.34. The van der Waals surface area contributed by atoms with E-state index in [0.29, 0.717) is 23.0 Å². The van der Waals surface area contributed by atoms with Crippen LogP contribution in [-0.2, 0) is 30.4 Å². The summed E-state index contributed by atoms with van der Waals surface area (Å²) in [4.78, 5) is 0. The molecule has 2 N–H and O–H groups in total. The molecule has 0 aromatic heterocycles. The fourth-order valence-corrected chi connectivity index (χ4v) is 2.64. The number of rotatable bonds is 6. The Labute approximate surface area is 135 Å². The number of ether oxygens (including phenoxy) is 2. The van der Waals surface area contributed by atoms with E-state index < -0.39 is 16.1 Å². The van der Waals surface area contributed by atoms with E-state index in [1.165, 1.54) is 0 Å². The van der Waals surface area contributed by atoms with Gasteiger partial charge in [-0.25, -0.2) is 5.14 Å². The molecule has 0 bridgehead atoms. The molecular formula is C14H18ClNO5S. The molecule has 0 aliphatic carbocycles. The van der Waals surface area contributed by atoms with Crippen molar-refractivity contribution in [2.45, 2.75) is 32.5 Å². The van der Waals surface area contributed by atoms with Crippen molar-refractivity contribution in [2.24, 2.45) is 5.14 Å². The van der Waals surface area contributed by atoms with Crippen molar-refractivity contribution < 1.29 is 22.1 Å². The van der Waals surface area contributed by atoms with Gasteiger partial charge < -0.3 is 9.47 Å². The van der Waals surface area contributed by atoms with E-state index in [2.05, 4.69) is 4.18 Å². The SMILES string of the molecule is CC1(C)OC(CCOS(N)(=O)=O)=C(Cc2ccccc2Cl)O1. The molecule has 0 unspecified atom stereocenters. The first-order valence-electron chi connectivity index (χ1n) is 6.67. The van der Waals surface area contributed by atoms with Gasteiger partial charge in [-0.2, -0.15) is 8.42 Å². The minimum atomic E-state index is -3.97. The fourth-order valence-electron chi connectivity index (χ4n) is 2.12. The van der Waals surface area contributed by atoms with E-state index in [1.807, 2.05) is 18.2 Å². The molecular weight excluding hydrogens is 330 g/mol. The normalized spacial score (nSPS) is 17.3. The van der Waals surface area contributed by atoms with Gasteiger partial charge in [-0.1, -0.05) is 29.8 Å². The molecule has 0 saturated heterocycles. The Balaban J connectivity index is 2.12. The van der Waals surface area contributed by atoms with Crippen molar-refractivity contribution in [1.82, 2.24) is 0 Å². The standard InChI is InChI=1S/C14H18ClNO5S/c1-14(2)20-12(7-8-19-22(16,17)18)13(21-14)9-10-5-3-4-6-11(10)15/h3-6H,7-9H2,1-2H3,(H2,16,17,18). The maximum absolute atomic E-state index is 10.8. The molecule has 0 amide bonds. The number of hydrogen-bond acceptors (Lipinski definition) is 5. The summed E-state index contributed by atoms with van der Waals surface area (Å²) in [5.41, 5.74) is 0.894. The Kier molecular flexibility index (Phi) is 5.01. The molecule has 1 aromatic rings. The van der Waals surface area contributed by atoms with E-state index >= 15 is 0 Å². The van der Waals surface area contributed by atoms with Crippen LogP contribution in [0.4, 0.5) is 0 Å². The zero-order valence-electron chi connectivity index (χ0n) is 12.3. The molecule has 1 aromatic carbocycles. The van der Waals surface area contributed by atoms with Gasteiger partial charge in [0.2, 0.25) is 5.79 Å². The lowest BCUT2D eigenvalue weighted by Gasteiger charge is -2.19. The molecule has 0 spiro atoms. The van der Waals surface area contributed by atoms with Crippen LogP contribution in [-0.4, -0.2) is 20.8 Å². The first-order valence-corrected chi connectivity index (χ1v) is 8.52. The Morgan fingerprint density at radius 1 is 1.23 bits per heavy atom. The summed E-state index contributed by atoms with van der Waals surface area (Å²) in [7, 11) is -3.97. The van der Waals surface area contributed by atoms with Crippen LogP contribution in [0.1, 0.15) is 25.8 Å². The summed E-state index contributed by atoms with van der Waals surface area (Å²) < 4.78 is 37.6. The molecule has 0 fully saturated rings. The summed E-state index contributed by atoms with van der Waals surface area (Å²) in [5.74, 6) is 0.331. The molecule has 1 heterocycles. The maximum Gasteiger partial charge on any atom is 0.333 e. The third-order valence-electron chi connectivity index (χ3n) is 2.93. The Morgan fingerprint density at radius 2 is 1.86 bits per heavy atom. The highest BCUT2D eigenvalue weighted by Crippen LogP contribution is 2.35. The average Bonchev–Trinajstić information content (AvgIpc) is 2.65. The molecule has 0 atom stereocenters. The van der Waals surface area contributed by atoms with Crippen LogP contribution < -0.4 is 5.14 Å². The van der Waals surface area contributed by atoms with Gasteiger partial charge in [0.1, 0.15) is 11.5 Å². The third-order valence-corrected chi connectivity index (χ3v) is 3.80. The summed E-state index contributed by atoms with van der Waals surface area (Å²) in [6.07, 6.45) is 0.688. The molecule has 22 heavy (non-hydrogen) atoms. The minimum absolute atomic E-state index is 0.111. The Morgan fingerprint density at radius 3 is 2.50 bits per heavy atom. The van der Waals surface area contributed by atoms with Crippen molar-refractivity contribution in [3.8, 4) is 0 Å². The van der Waals surface area contributed by atoms with E-state index in [0.717, 1.165) is 5.56 Å². The van der Waals surface area contributed by atoms with Gasteiger partial charge >= 0.3 is 10.3 Å². The van der Waals surface area contributed by atoms with E-state index in [9.17, 15) is 8.42 Å². The van der Waals surface area contributed by atoms with Crippen molar-refractivity contribution in [1.29, 1.82) is 0 Å². The number of nitrogens with two attached hydrogens (primary N) is 1. The van der Waals surface area contributed by atoms with Crippen LogP contribution in [0.3, 0.4) is 0 Å². The number of hydrogen-bond donors (Lipinski definition) is 1. The Bertz CT molecular complexity index is 684. The quantitative estimate of drug-likeness (QED) is 0.854. The molecule has 8 heteroatoms. The van der Waals surface area contributed by atoms with Crippen molar-refractivity contribution in [3.63, 3.8) is 0 Å². The van der Waals surface area contributed by atoms with Crippen LogP contribution in [0, 0.1) is 0 Å². The van der Waals surface area contributed by atoms with Gasteiger partial charge in [0.15, 0.2) is 0 Å². The monoisotopic (exact) mass is 347 g/mol. The second kappa shape index (κ2) is 6.45. The maximum atomic E-state index is 10.8. The zero-order chi connectivity index (χ0) is 16.4. The van der Waals surface area contributed by atoms with Gasteiger partial charge in [-0.15, -0.1) is 0 Å². The second-order valence-electron chi connectivity index (χ2n) is 5.28. The average molecular weight is 348 g/mol. The predicted molar refractivity (Wildman–Crippen MR) is 82.1 cm³/mol. The lowest BCUT2D eigenvalue weighted by molar-refractivity contribution is -0.125. The van der Waals surface area contributed by atoms with Crippen LogP contribution in [0.15, 0.2) is 35.8 Å². The first kappa shape index (κ1) is 17.1. The summed E-state index contributed by atoms with van der Waals surface area (Å²) in [6.45, 7) is 3.43. The largest absolute Gasteiger partial charge is 0.454 e. The van der Waals surface area contributed by atoms with Gasteiger partial charge in [-0.3, -0.25) is 4.18 Å². The summed E-state index contributed by atoms with van der Waals surface area (Å²) in [5, 5.41) is 5.42. The molecule has 0 radical (unpaired) electrons. The van der Waals surface area contributed by atoms with Crippen LogP contribution in [0.25, 0.3) is 0 Å². The fraction of sp³-hybridized carbons (Fsp3) is 0.429. The molecule has 2 rings (SSSR count). The van der Waals surface area contributed by atoms with Crippen LogP contribution >= 0.6 is 11.6 Å².